The van der Waals surface area contributed by atoms with Gasteiger partial charge in [-0.2, -0.15) is 0 Å². The second-order valence-electron chi connectivity index (χ2n) is 8.15. The molecular weight excluding hydrogens is 322 g/mol. The van der Waals surface area contributed by atoms with Gasteiger partial charge >= 0.3 is 6.09 Å². The summed E-state index contributed by atoms with van der Waals surface area (Å²) in [6.07, 6.45) is 2.40. The third-order valence-corrected chi connectivity index (χ3v) is 5.24. The summed E-state index contributed by atoms with van der Waals surface area (Å²) in [5.74, 6) is -0.942. The number of rotatable bonds is 4. The normalized spacial score (nSPS) is 31.4. The first-order valence-corrected chi connectivity index (χ1v) is 8.74. The Kier molecular flexibility index (Phi) is 5.16. The minimum atomic E-state index is -1.11. The molecule has 2 unspecified atom stereocenters. The third-order valence-electron chi connectivity index (χ3n) is 5.24. The van der Waals surface area contributed by atoms with E-state index in [1.165, 1.54) is 11.8 Å². The van der Waals surface area contributed by atoms with Gasteiger partial charge in [-0.15, -0.1) is 6.58 Å². The third kappa shape index (κ3) is 3.50. The number of carbonyl (C=O) groups excluding carboxylic acids is 2. The number of nitrogens with zero attached hydrogens (tertiary/aromatic N) is 1. The molecule has 7 nitrogen and oxygen atoms in total. The van der Waals surface area contributed by atoms with Crippen LogP contribution in [0.15, 0.2) is 12.7 Å². The van der Waals surface area contributed by atoms with E-state index < -0.39 is 17.2 Å². The molecule has 7 heteroatoms. The second kappa shape index (κ2) is 6.69. The van der Waals surface area contributed by atoms with Gasteiger partial charge in [0.2, 0.25) is 11.8 Å². The van der Waals surface area contributed by atoms with Gasteiger partial charge in [-0.25, -0.2) is 4.79 Å². The molecule has 2 aliphatic rings. The number of nitrogens with one attached hydrogen (secondary N) is 2. The summed E-state index contributed by atoms with van der Waals surface area (Å²) in [4.78, 5) is 38.2. The predicted molar refractivity (Wildman–Crippen MR) is 94.0 cm³/mol. The number of hydrogen-bond acceptors (Lipinski definition) is 3. The van der Waals surface area contributed by atoms with Crippen molar-refractivity contribution in [2.45, 2.75) is 64.1 Å². The molecule has 3 N–H and O–H groups in total. The Balaban J connectivity index is 2.48. The number of fused-ring (bicyclic) bond motifs is 1. The fourth-order valence-electron chi connectivity index (χ4n) is 4.52. The van der Waals surface area contributed by atoms with Crippen molar-refractivity contribution in [3.05, 3.63) is 12.7 Å². The summed E-state index contributed by atoms with van der Waals surface area (Å²) in [5, 5.41) is 15.4. The fourth-order valence-corrected chi connectivity index (χ4v) is 4.52. The van der Waals surface area contributed by atoms with Crippen molar-refractivity contribution in [1.29, 1.82) is 0 Å². The number of hydrogen-bond donors (Lipinski definition) is 3. The number of carbonyl (C=O) groups is 3. The standard InChI is InChI=1S/C18H29N3O4/c1-6-7-12-10-14-13(8-9-21(14)16(24)25)18(12,19-11(2)22)15(23)20-17(3,4)5/h6,12-14H,1,7-10H2,2-5H3,(H,19,22)(H,20,23)(H,24,25)/t12?,13-,14-,18?/m1/s1. The van der Waals surface area contributed by atoms with E-state index in [1.54, 1.807) is 6.08 Å². The summed E-state index contributed by atoms with van der Waals surface area (Å²) < 4.78 is 0. The maximum absolute atomic E-state index is 13.3. The summed E-state index contributed by atoms with van der Waals surface area (Å²) in [7, 11) is 0. The molecule has 1 saturated carbocycles. The number of likely N-dealkylation sites (tertiary alicyclic amines) is 1. The summed E-state index contributed by atoms with van der Waals surface area (Å²) >= 11 is 0. The highest BCUT2D eigenvalue weighted by Crippen LogP contribution is 2.50. The topological polar surface area (TPSA) is 98.7 Å². The molecule has 1 aliphatic carbocycles. The molecule has 1 saturated heterocycles. The van der Waals surface area contributed by atoms with E-state index in [2.05, 4.69) is 17.2 Å². The van der Waals surface area contributed by atoms with Crippen LogP contribution in [0.4, 0.5) is 4.79 Å². The maximum Gasteiger partial charge on any atom is 0.407 e. The Hall–Kier alpha value is -2.05. The van der Waals surface area contributed by atoms with Crippen molar-refractivity contribution in [2.24, 2.45) is 11.8 Å². The molecule has 25 heavy (non-hydrogen) atoms. The first-order chi connectivity index (χ1) is 11.5. The van der Waals surface area contributed by atoms with Crippen LogP contribution in [0.2, 0.25) is 0 Å². The molecule has 4 atom stereocenters. The molecule has 2 rings (SSSR count). The Morgan fingerprint density at radius 1 is 1.36 bits per heavy atom. The Morgan fingerprint density at radius 3 is 2.48 bits per heavy atom. The minimum absolute atomic E-state index is 0.187. The van der Waals surface area contributed by atoms with E-state index in [0.717, 1.165) is 0 Å². The first-order valence-electron chi connectivity index (χ1n) is 8.74. The van der Waals surface area contributed by atoms with Crippen LogP contribution in [0, 0.1) is 11.8 Å². The smallest absolute Gasteiger partial charge is 0.407 e. The summed E-state index contributed by atoms with van der Waals surface area (Å²) in [6.45, 7) is 11.2. The molecule has 0 aromatic heterocycles. The quantitative estimate of drug-likeness (QED) is 0.672. The molecule has 1 heterocycles. The van der Waals surface area contributed by atoms with E-state index in [1.807, 2.05) is 20.8 Å². The highest BCUT2D eigenvalue weighted by atomic mass is 16.4. The van der Waals surface area contributed by atoms with Crippen LogP contribution in [-0.4, -0.2) is 51.6 Å². The molecule has 2 fully saturated rings. The van der Waals surface area contributed by atoms with Gasteiger partial charge in [0, 0.05) is 31.0 Å². The zero-order valence-electron chi connectivity index (χ0n) is 15.5. The number of carboxylic acid groups (broad SMARTS) is 1. The lowest BCUT2D eigenvalue weighted by atomic mass is 9.76. The van der Waals surface area contributed by atoms with Gasteiger partial charge in [-0.1, -0.05) is 6.08 Å². The average molecular weight is 351 g/mol. The Bertz CT molecular complexity index is 583. The minimum Gasteiger partial charge on any atom is -0.465 e. The van der Waals surface area contributed by atoms with E-state index in [-0.39, 0.29) is 29.7 Å². The number of amides is 3. The summed E-state index contributed by atoms with van der Waals surface area (Å²) in [5.41, 5.74) is -1.56. The van der Waals surface area contributed by atoms with Gasteiger partial charge in [0.05, 0.1) is 0 Å². The van der Waals surface area contributed by atoms with Crippen LogP contribution in [0.3, 0.4) is 0 Å². The van der Waals surface area contributed by atoms with Crippen molar-refractivity contribution < 1.29 is 19.5 Å². The van der Waals surface area contributed by atoms with Crippen molar-refractivity contribution in [3.63, 3.8) is 0 Å². The van der Waals surface area contributed by atoms with E-state index in [0.29, 0.717) is 25.8 Å². The van der Waals surface area contributed by atoms with Crippen molar-refractivity contribution in [3.8, 4) is 0 Å². The lowest BCUT2D eigenvalue weighted by Crippen LogP contribution is -2.66. The van der Waals surface area contributed by atoms with Crippen LogP contribution in [-0.2, 0) is 9.59 Å². The van der Waals surface area contributed by atoms with Gasteiger partial charge < -0.3 is 20.6 Å². The van der Waals surface area contributed by atoms with Crippen LogP contribution in [0.5, 0.6) is 0 Å². The zero-order chi connectivity index (χ0) is 19.0. The van der Waals surface area contributed by atoms with Crippen molar-refractivity contribution in [1.82, 2.24) is 15.5 Å². The first kappa shape index (κ1) is 19.3. The summed E-state index contributed by atoms with van der Waals surface area (Å²) in [6, 6.07) is -0.264. The SMILES string of the molecule is C=CCC1C[C@@H]2[C@@H](CCN2C(=O)O)C1(NC(C)=O)C(=O)NC(C)(C)C. The zero-order valence-corrected chi connectivity index (χ0v) is 15.5. The highest BCUT2D eigenvalue weighted by molar-refractivity contribution is 5.93. The molecule has 0 aromatic carbocycles. The van der Waals surface area contributed by atoms with Crippen LogP contribution >= 0.6 is 0 Å². The monoisotopic (exact) mass is 351 g/mol. The fraction of sp³-hybridized carbons (Fsp3) is 0.722. The van der Waals surface area contributed by atoms with Crippen molar-refractivity contribution >= 4 is 17.9 Å². The van der Waals surface area contributed by atoms with Crippen molar-refractivity contribution in [2.75, 3.05) is 6.54 Å². The van der Waals surface area contributed by atoms with E-state index >= 15 is 0 Å². The molecule has 140 valence electrons. The highest BCUT2D eigenvalue weighted by Gasteiger charge is 2.63. The van der Waals surface area contributed by atoms with Gasteiger partial charge in [-0.05, 0) is 46.0 Å². The van der Waals surface area contributed by atoms with Gasteiger partial charge in [-0.3, -0.25) is 9.59 Å². The van der Waals surface area contributed by atoms with Crippen LogP contribution < -0.4 is 10.6 Å². The second-order valence-corrected chi connectivity index (χ2v) is 8.15. The lowest BCUT2D eigenvalue weighted by Gasteiger charge is -2.40. The maximum atomic E-state index is 13.3. The molecule has 0 aromatic rings. The number of allylic oxidation sites excluding steroid dienone is 1. The van der Waals surface area contributed by atoms with Gasteiger partial charge in [0.25, 0.3) is 0 Å². The molecule has 1 aliphatic heterocycles. The molecule has 0 spiro atoms. The van der Waals surface area contributed by atoms with Crippen LogP contribution in [0.1, 0.15) is 47.0 Å². The van der Waals surface area contributed by atoms with E-state index in [9.17, 15) is 19.5 Å². The predicted octanol–water partition coefficient (Wildman–Crippen LogP) is 1.74. The average Bonchev–Trinajstić information content (AvgIpc) is 2.96. The van der Waals surface area contributed by atoms with Crippen LogP contribution in [0.25, 0.3) is 0 Å². The molecule has 0 radical (unpaired) electrons. The van der Waals surface area contributed by atoms with E-state index in [4.69, 9.17) is 0 Å². The Labute approximate surface area is 148 Å². The molecule has 0 bridgehead atoms. The lowest BCUT2D eigenvalue weighted by molar-refractivity contribution is -0.137. The Morgan fingerprint density at radius 2 is 2.00 bits per heavy atom. The van der Waals surface area contributed by atoms with Gasteiger partial charge in [0.1, 0.15) is 5.54 Å². The molecule has 3 amide bonds. The largest absolute Gasteiger partial charge is 0.465 e. The molecular formula is C18H29N3O4. The van der Waals surface area contributed by atoms with Gasteiger partial charge in [0.15, 0.2) is 0 Å².